The quantitative estimate of drug-likeness (QED) is 0.301. The minimum absolute atomic E-state index is 0.0320. The van der Waals surface area contributed by atoms with Crippen molar-refractivity contribution >= 4 is 11.6 Å². The maximum absolute atomic E-state index is 13.7. The van der Waals surface area contributed by atoms with E-state index in [-0.39, 0.29) is 63.7 Å². The molecule has 16 atom stereocenters. The number of hydrogen-bond donors (Lipinski definition) is 3. The molecular weight excluding hydrogens is 536 g/mol. The third-order valence-corrected chi connectivity index (χ3v) is 17.9. The van der Waals surface area contributed by atoms with E-state index in [1.165, 1.54) is 6.42 Å². The number of rotatable bonds is 1. The Morgan fingerprint density at radius 1 is 0.628 bits per heavy atom. The van der Waals surface area contributed by atoms with Crippen molar-refractivity contribution < 1.29 is 24.9 Å². The number of hydrogen-bond acceptors (Lipinski definition) is 5. The molecule has 0 radical (unpaired) electrons. The van der Waals surface area contributed by atoms with Crippen LogP contribution in [0.5, 0.6) is 0 Å². The summed E-state index contributed by atoms with van der Waals surface area (Å²) in [5, 5.41) is 35.4. The zero-order valence-electron chi connectivity index (χ0n) is 27.3. The van der Waals surface area contributed by atoms with Crippen LogP contribution in [0.3, 0.4) is 0 Å². The van der Waals surface area contributed by atoms with Gasteiger partial charge in [-0.1, -0.05) is 34.1 Å². The molecule has 240 valence electrons. The first-order chi connectivity index (χ1) is 20.3. The molecule has 0 aliphatic heterocycles. The van der Waals surface area contributed by atoms with Crippen LogP contribution < -0.4 is 0 Å². The second-order valence-electron chi connectivity index (χ2n) is 18.5. The topological polar surface area (TPSA) is 94.8 Å². The second kappa shape index (κ2) is 9.40. The Bertz CT molecular complexity index is 1200. The molecule has 0 heterocycles. The van der Waals surface area contributed by atoms with Crippen LogP contribution in [-0.2, 0) is 9.59 Å². The minimum Gasteiger partial charge on any atom is -0.393 e. The molecular formula is C38H58O5. The number of Topliss-reactive ketones (excluding diaryl/α,β-unsaturated/α-hetero) is 2. The smallest absolute Gasteiger partial charge is 0.202 e. The van der Waals surface area contributed by atoms with Crippen molar-refractivity contribution in [2.75, 3.05) is 0 Å². The van der Waals surface area contributed by atoms with Gasteiger partial charge in [-0.25, -0.2) is 0 Å². The molecule has 0 bridgehead atoms. The molecule has 8 aliphatic carbocycles. The fourth-order valence-corrected chi connectivity index (χ4v) is 15.7. The molecule has 8 fully saturated rings. The van der Waals surface area contributed by atoms with Gasteiger partial charge >= 0.3 is 0 Å². The summed E-state index contributed by atoms with van der Waals surface area (Å²) in [6, 6.07) is 0. The van der Waals surface area contributed by atoms with Gasteiger partial charge in [0.05, 0.1) is 17.8 Å². The fraction of sp³-hybridized carbons (Fsp3) is 0.947. The Hall–Kier alpha value is -0.780. The molecule has 5 unspecified atom stereocenters. The van der Waals surface area contributed by atoms with Gasteiger partial charge in [0.2, 0.25) is 5.78 Å². The van der Waals surface area contributed by atoms with Crippen LogP contribution in [0.25, 0.3) is 0 Å². The zero-order valence-corrected chi connectivity index (χ0v) is 27.3. The normalized spacial score (nSPS) is 61.1. The van der Waals surface area contributed by atoms with E-state index in [1.807, 2.05) is 0 Å². The predicted octanol–water partition coefficient (Wildman–Crippen LogP) is 6.50. The van der Waals surface area contributed by atoms with E-state index >= 15 is 0 Å². The molecule has 3 N–H and O–H groups in total. The summed E-state index contributed by atoms with van der Waals surface area (Å²) in [7, 11) is 0. The maximum atomic E-state index is 13.7. The number of carbonyl (C=O) groups is 2. The van der Waals surface area contributed by atoms with E-state index in [1.54, 1.807) is 0 Å². The molecule has 0 aromatic rings. The van der Waals surface area contributed by atoms with Crippen LogP contribution in [0.1, 0.15) is 130 Å². The molecule has 8 rings (SSSR count). The first kappa shape index (κ1) is 29.6. The zero-order chi connectivity index (χ0) is 30.3. The first-order valence-corrected chi connectivity index (χ1v) is 18.5. The number of ketones is 2. The van der Waals surface area contributed by atoms with Crippen LogP contribution in [0, 0.1) is 74.9 Å². The highest BCUT2D eigenvalue weighted by Gasteiger charge is 2.73. The number of fused-ring (bicyclic) bond motifs is 10. The molecule has 43 heavy (non-hydrogen) atoms. The largest absolute Gasteiger partial charge is 0.393 e. The summed E-state index contributed by atoms with van der Waals surface area (Å²) in [6.07, 6.45) is 15.0. The van der Waals surface area contributed by atoms with Gasteiger partial charge in [-0.3, -0.25) is 9.59 Å². The van der Waals surface area contributed by atoms with E-state index in [0.29, 0.717) is 41.4 Å². The molecule has 8 saturated carbocycles. The monoisotopic (exact) mass is 594 g/mol. The van der Waals surface area contributed by atoms with E-state index in [2.05, 4.69) is 27.7 Å². The summed E-state index contributed by atoms with van der Waals surface area (Å²) < 4.78 is 0. The Morgan fingerprint density at radius 3 is 2.07 bits per heavy atom. The van der Waals surface area contributed by atoms with E-state index in [4.69, 9.17) is 0 Å². The van der Waals surface area contributed by atoms with Gasteiger partial charge in [-0.2, -0.15) is 0 Å². The van der Waals surface area contributed by atoms with Crippen LogP contribution >= 0.6 is 0 Å². The number of carbonyl (C=O) groups excluding carboxylic acids is 2. The van der Waals surface area contributed by atoms with Gasteiger partial charge in [0.25, 0.3) is 0 Å². The van der Waals surface area contributed by atoms with Gasteiger partial charge in [-0.15, -0.1) is 0 Å². The highest BCUT2D eigenvalue weighted by atomic mass is 16.3. The van der Waals surface area contributed by atoms with Crippen molar-refractivity contribution in [2.45, 2.75) is 148 Å². The maximum Gasteiger partial charge on any atom is 0.202 e. The second-order valence-corrected chi connectivity index (χ2v) is 18.5. The Morgan fingerprint density at radius 2 is 1.28 bits per heavy atom. The van der Waals surface area contributed by atoms with Crippen LogP contribution in [-0.4, -0.2) is 44.7 Å². The molecule has 0 saturated heterocycles. The highest BCUT2D eigenvalue weighted by Crippen LogP contribution is 2.74. The third kappa shape index (κ3) is 3.52. The summed E-state index contributed by atoms with van der Waals surface area (Å²) >= 11 is 0. The molecule has 5 heteroatoms. The average Bonchev–Trinajstić information content (AvgIpc) is 3.43. The lowest BCUT2D eigenvalue weighted by Crippen LogP contribution is -2.67. The summed E-state index contributed by atoms with van der Waals surface area (Å²) in [4.78, 5) is 27.2. The Kier molecular flexibility index (Phi) is 6.47. The van der Waals surface area contributed by atoms with Gasteiger partial charge in [0.1, 0.15) is 0 Å². The van der Waals surface area contributed by atoms with Crippen molar-refractivity contribution in [3.8, 4) is 0 Å². The average molecular weight is 595 g/mol. The molecule has 0 aromatic heterocycles. The SMILES string of the molecule is C[C@]12C(CC[C@@H]3[C@@H]1CC[C@]1(C)[C@@H](O)CC[C@@H]31)C(=O)C(=O)CC2C1(O)CC[C@H]2[C@@H]3CCC4C(O)CCC[C@]4(C)[C@@H]3CC[C@@]21C. The van der Waals surface area contributed by atoms with Gasteiger partial charge in [0.15, 0.2) is 5.78 Å². The molecule has 5 nitrogen and oxygen atoms in total. The minimum atomic E-state index is -0.937. The van der Waals surface area contributed by atoms with Crippen LogP contribution in [0.15, 0.2) is 0 Å². The lowest BCUT2D eigenvalue weighted by atomic mass is 9.38. The van der Waals surface area contributed by atoms with Crippen molar-refractivity contribution in [1.29, 1.82) is 0 Å². The van der Waals surface area contributed by atoms with Crippen molar-refractivity contribution in [1.82, 2.24) is 0 Å². The standard InChI is InChI=1S/C38H58O5/c1-34-16-5-6-29(39)27(34)9-7-21-24(34)14-18-36(3)25(21)15-19-38(36,43)31-20-30(40)33(42)28-10-8-22-23-11-12-32(41)35(23,2)17-13-26(22)37(28,31)4/h21-29,31-32,39,41,43H,5-20H2,1-4H3/t21-,22+,23+,24-,25+,26+,27?,28?,29?,31?,32+,34-,35+,36+,37-,38?/m1/s1. The van der Waals surface area contributed by atoms with Gasteiger partial charge in [0, 0.05) is 18.3 Å². The van der Waals surface area contributed by atoms with E-state index < -0.39 is 5.60 Å². The summed E-state index contributed by atoms with van der Waals surface area (Å²) in [5.41, 5.74) is -1.39. The summed E-state index contributed by atoms with van der Waals surface area (Å²) in [6.45, 7) is 9.52. The van der Waals surface area contributed by atoms with Crippen molar-refractivity contribution in [2.24, 2.45) is 74.9 Å². The number of aliphatic hydroxyl groups excluding tert-OH is 2. The lowest BCUT2D eigenvalue weighted by Gasteiger charge is -2.66. The van der Waals surface area contributed by atoms with Crippen molar-refractivity contribution in [3.63, 3.8) is 0 Å². The summed E-state index contributed by atoms with van der Waals surface area (Å²) in [5.74, 6) is 2.53. The van der Waals surface area contributed by atoms with Crippen molar-refractivity contribution in [3.05, 3.63) is 0 Å². The number of aliphatic hydroxyl groups is 3. The first-order valence-electron chi connectivity index (χ1n) is 18.5. The molecule has 0 spiro atoms. The lowest BCUT2D eigenvalue weighted by molar-refractivity contribution is -0.229. The Labute approximate surface area is 259 Å². The molecule has 0 amide bonds. The third-order valence-electron chi connectivity index (χ3n) is 17.9. The molecule has 0 aromatic carbocycles. The highest BCUT2D eigenvalue weighted by molar-refractivity contribution is 6.38. The fourth-order valence-electron chi connectivity index (χ4n) is 15.7. The Balaban J connectivity index is 1.16. The van der Waals surface area contributed by atoms with Crippen LogP contribution in [0.2, 0.25) is 0 Å². The predicted molar refractivity (Wildman–Crippen MR) is 165 cm³/mol. The van der Waals surface area contributed by atoms with Gasteiger partial charge < -0.3 is 15.3 Å². The molecule has 8 aliphatic rings. The van der Waals surface area contributed by atoms with E-state index in [0.717, 1.165) is 89.9 Å². The van der Waals surface area contributed by atoms with Gasteiger partial charge in [-0.05, 0) is 153 Å². The van der Waals surface area contributed by atoms with E-state index in [9.17, 15) is 24.9 Å². The van der Waals surface area contributed by atoms with Crippen LogP contribution in [0.4, 0.5) is 0 Å².